The monoisotopic (exact) mass is 468 g/mol. The van der Waals surface area contributed by atoms with E-state index in [4.69, 9.17) is 4.74 Å². The second-order valence-corrected chi connectivity index (χ2v) is 9.10. The van der Waals surface area contributed by atoms with E-state index in [1.807, 2.05) is 43.3 Å². The van der Waals surface area contributed by atoms with Crippen molar-refractivity contribution in [1.82, 2.24) is 4.90 Å². The summed E-state index contributed by atoms with van der Waals surface area (Å²) in [6, 6.07) is 15.7. The Kier molecular flexibility index (Phi) is 5.98. The predicted octanol–water partition coefficient (Wildman–Crippen LogP) is 5.31. The van der Waals surface area contributed by atoms with Crippen LogP contribution >= 0.6 is 0 Å². The molecule has 1 fully saturated rings. The van der Waals surface area contributed by atoms with E-state index in [0.29, 0.717) is 32.1 Å². The Balaban J connectivity index is 1.53. The Morgan fingerprint density at radius 3 is 2.47 bits per heavy atom. The molecule has 5 rings (SSSR count). The number of carbonyl (C=O) groups is 1. The highest BCUT2D eigenvalue weighted by Crippen LogP contribution is 2.48. The first-order valence-corrected chi connectivity index (χ1v) is 11.6. The Labute approximate surface area is 197 Å². The van der Waals surface area contributed by atoms with Crippen LogP contribution < -0.4 is 4.90 Å². The molecule has 2 aromatic carbocycles. The van der Waals surface area contributed by atoms with Crippen molar-refractivity contribution in [3.63, 3.8) is 0 Å². The van der Waals surface area contributed by atoms with E-state index >= 15 is 0 Å². The van der Waals surface area contributed by atoms with Crippen molar-refractivity contribution >= 4 is 17.2 Å². The molecule has 2 aromatic rings. The van der Waals surface area contributed by atoms with Crippen molar-refractivity contribution in [3.8, 4) is 0 Å². The average Bonchev–Trinajstić information content (AvgIpc) is 3.20. The molecule has 34 heavy (non-hydrogen) atoms. The molecule has 0 saturated carbocycles. The highest BCUT2D eigenvalue weighted by Gasteiger charge is 2.40. The highest BCUT2D eigenvalue weighted by molar-refractivity contribution is 5.91. The average molecular weight is 469 g/mol. The molecule has 0 aromatic heterocycles. The lowest BCUT2D eigenvalue weighted by atomic mass is 9.85. The predicted molar refractivity (Wildman–Crippen MR) is 125 cm³/mol. The van der Waals surface area contributed by atoms with Crippen molar-refractivity contribution < 1.29 is 22.7 Å². The third kappa shape index (κ3) is 4.37. The number of ether oxygens (including phenoxy) is 1. The standard InChI is InChI=1S/C27H27F3N2O2/c1-18-16-23-22-5-3-2-4-20(22)17-24(23)26(32(18)25(33)10-11-27(28,29)30)19-6-8-21(9-7-19)31-12-14-34-15-13-31/h2-11,18,26H,12-17H2,1H3/b11-10+/t18-,26-/m0/s1. The van der Waals surface area contributed by atoms with E-state index in [1.54, 1.807) is 4.90 Å². The molecule has 4 nitrogen and oxygen atoms in total. The number of alkyl halides is 3. The molecule has 7 heteroatoms. The van der Waals surface area contributed by atoms with Gasteiger partial charge in [-0.25, -0.2) is 0 Å². The summed E-state index contributed by atoms with van der Waals surface area (Å²) in [5.41, 5.74) is 6.71. The van der Waals surface area contributed by atoms with E-state index in [2.05, 4.69) is 17.0 Å². The molecule has 0 radical (unpaired) electrons. The maximum absolute atomic E-state index is 13.1. The van der Waals surface area contributed by atoms with E-state index in [1.165, 1.54) is 16.7 Å². The Bertz CT molecular complexity index is 1130. The lowest BCUT2D eigenvalue weighted by molar-refractivity contribution is -0.131. The lowest BCUT2D eigenvalue weighted by Gasteiger charge is -2.42. The van der Waals surface area contributed by atoms with Gasteiger partial charge in [-0.1, -0.05) is 36.4 Å². The minimum absolute atomic E-state index is 0.0356. The van der Waals surface area contributed by atoms with E-state index in [9.17, 15) is 18.0 Å². The van der Waals surface area contributed by atoms with Crippen LogP contribution in [0.3, 0.4) is 0 Å². The van der Waals surface area contributed by atoms with Crippen LogP contribution in [-0.2, 0) is 16.0 Å². The summed E-state index contributed by atoms with van der Waals surface area (Å²) in [6.45, 7) is 4.92. The van der Waals surface area contributed by atoms with Gasteiger partial charge in [-0.3, -0.25) is 4.79 Å². The van der Waals surface area contributed by atoms with Crippen molar-refractivity contribution in [2.45, 2.75) is 38.0 Å². The van der Waals surface area contributed by atoms with Gasteiger partial charge in [0.15, 0.2) is 0 Å². The molecule has 1 saturated heterocycles. The fraction of sp³-hybridized carbons (Fsp3) is 0.370. The topological polar surface area (TPSA) is 32.8 Å². The van der Waals surface area contributed by atoms with Gasteiger partial charge in [-0.15, -0.1) is 0 Å². The van der Waals surface area contributed by atoms with Crippen molar-refractivity contribution in [1.29, 1.82) is 0 Å². The van der Waals surface area contributed by atoms with Crippen LogP contribution in [0.15, 0.2) is 66.3 Å². The van der Waals surface area contributed by atoms with Gasteiger partial charge in [0.25, 0.3) is 0 Å². The number of hydrogen-bond acceptors (Lipinski definition) is 3. The molecule has 0 bridgehead atoms. The molecule has 0 unspecified atom stereocenters. The molecule has 1 amide bonds. The third-order valence-electron chi connectivity index (χ3n) is 6.95. The summed E-state index contributed by atoms with van der Waals surface area (Å²) in [4.78, 5) is 17.0. The van der Waals surface area contributed by atoms with Crippen LogP contribution in [0.25, 0.3) is 5.57 Å². The maximum Gasteiger partial charge on any atom is 0.409 e. The number of fused-ring (bicyclic) bond motifs is 2. The fourth-order valence-electron chi connectivity index (χ4n) is 5.42. The van der Waals surface area contributed by atoms with Gasteiger partial charge < -0.3 is 14.5 Å². The second-order valence-electron chi connectivity index (χ2n) is 9.10. The SMILES string of the molecule is C[C@H]1CC2=C(Cc3ccccc32)[C@H](c2ccc(N3CCOCC3)cc2)N1C(=O)/C=C/C(F)(F)F. The van der Waals surface area contributed by atoms with E-state index in [0.717, 1.165) is 29.9 Å². The minimum atomic E-state index is -4.53. The molecule has 1 aliphatic carbocycles. The summed E-state index contributed by atoms with van der Waals surface area (Å²) in [5.74, 6) is -0.616. The summed E-state index contributed by atoms with van der Waals surface area (Å²) in [7, 11) is 0. The second kappa shape index (κ2) is 8.95. The largest absolute Gasteiger partial charge is 0.409 e. The number of amides is 1. The molecule has 178 valence electrons. The van der Waals surface area contributed by atoms with Crippen LogP contribution in [0.4, 0.5) is 18.9 Å². The first kappa shape index (κ1) is 22.7. The molecule has 2 aliphatic heterocycles. The van der Waals surface area contributed by atoms with Gasteiger partial charge in [-0.05, 0) is 59.7 Å². The summed E-state index contributed by atoms with van der Waals surface area (Å²) in [6.07, 6.45) is -2.51. The van der Waals surface area contributed by atoms with Crippen LogP contribution in [0.2, 0.25) is 0 Å². The van der Waals surface area contributed by atoms with Gasteiger partial charge >= 0.3 is 6.18 Å². The first-order valence-electron chi connectivity index (χ1n) is 11.6. The number of morpholine rings is 1. The lowest BCUT2D eigenvalue weighted by Crippen LogP contribution is -2.44. The van der Waals surface area contributed by atoms with Crippen LogP contribution in [0.1, 0.15) is 36.1 Å². The Morgan fingerprint density at radius 1 is 1.06 bits per heavy atom. The highest BCUT2D eigenvalue weighted by atomic mass is 19.4. The zero-order valence-corrected chi connectivity index (χ0v) is 19.0. The Hall–Kier alpha value is -3.06. The maximum atomic E-state index is 13.1. The molecular formula is C27H27F3N2O2. The molecule has 2 atom stereocenters. The van der Waals surface area contributed by atoms with Crippen molar-refractivity contribution in [2.24, 2.45) is 0 Å². The molecule has 2 heterocycles. The van der Waals surface area contributed by atoms with Crippen LogP contribution in [-0.4, -0.2) is 49.3 Å². The Morgan fingerprint density at radius 2 is 1.76 bits per heavy atom. The number of halogens is 3. The van der Waals surface area contributed by atoms with Gasteiger partial charge in [-0.2, -0.15) is 13.2 Å². The molecule has 3 aliphatic rings. The number of allylic oxidation sites excluding steroid dienone is 1. The van der Waals surface area contributed by atoms with Gasteiger partial charge in [0.05, 0.1) is 19.3 Å². The summed E-state index contributed by atoms with van der Waals surface area (Å²) in [5, 5.41) is 0. The number of benzene rings is 2. The number of hydrogen-bond donors (Lipinski definition) is 0. The van der Waals surface area contributed by atoms with Gasteiger partial charge in [0.1, 0.15) is 0 Å². The normalized spacial score (nSPS) is 22.8. The van der Waals surface area contributed by atoms with E-state index < -0.39 is 18.1 Å². The third-order valence-corrected chi connectivity index (χ3v) is 6.95. The number of nitrogens with zero attached hydrogens (tertiary/aromatic N) is 2. The number of rotatable bonds is 3. The zero-order valence-electron chi connectivity index (χ0n) is 19.0. The number of carbonyl (C=O) groups excluding carboxylic acids is 1. The molecule has 0 N–H and O–H groups in total. The molecule has 0 spiro atoms. The van der Waals surface area contributed by atoms with Crippen LogP contribution in [0.5, 0.6) is 0 Å². The zero-order chi connectivity index (χ0) is 23.9. The van der Waals surface area contributed by atoms with Gasteiger partial charge in [0, 0.05) is 37.0 Å². The smallest absolute Gasteiger partial charge is 0.378 e. The van der Waals surface area contributed by atoms with Crippen LogP contribution in [0, 0.1) is 0 Å². The molecular weight excluding hydrogens is 441 g/mol. The van der Waals surface area contributed by atoms with Gasteiger partial charge in [0.2, 0.25) is 5.91 Å². The minimum Gasteiger partial charge on any atom is -0.378 e. The summed E-state index contributed by atoms with van der Waals surface area (Å²) < 4.78 is 43.9. The van der Waals surface area contributed by atoms with Crippen molar-refractivity contribution in [3.05, 3.63) is 82.9 Å². The van der Waals surface area contributed by atoms with Crippen molar-refractivity contribution in [2.75, 3.05) is 31.2 Å². The van der Waals surface area contributed by atoms with E-state index in [-0.39, 0.29) is 12.1 Å². The summed E-state index contributed by atoms with van der Waals surface area (Å²) >= 11 is 0. The fourth-order valence-corrected chi connectivity index (χ4v) is 5.42. The first-order chi connectivity index (χ1) is 16.3. The number of anilines is 1. The quantitative estimate of drug-likeness (QED) is 0.572.